The second-order valence-electron chi connectivity index (χ2n) is 10.1. The van der Waals surface area contributed by atoms with Gasteiger partial charge < -0.3 is 25.6 Å². The Labute approximate surface area is 262 Å². The number of halogens is 1. The lowest BCUT2D eigenvalue weighted by Gasteiger charge is -2.28. The number of fused-ring (bicyclic) bond motifs is 1. The molecule has 1 fully saturated rings. The van der Waals surface area contributed by atoms with Crippen molar-refractivity contribution in [3.63, 3.8) is 0 Å². The summed E-state index contributed by atoms with van der Waals surface area (Å²) < 4.78 is 7.49. The third-order valence-corrected chi connectivity index (χ3v) is 8.16. The minimum atomic E-state index is -0.361. The van der Waals surface area contributed by atoms with Crippen molar-refractivity contribution in [2.75, 3.05) is 47.2 Å². The van der Waals surface area contributed by atoms with Crippen LogP contribution in [0, 0.1) is 0 Å². The molecule has 12 heteroatoms. The first-order valence-electron chi connectivity index (χ1n) is 14.0. The summed E-state index contributed by atoms with van der Waals surface area (Å²) in [5.74, 6) is 0.479. The van der Waals surface area contributed by atoms with Crippen LogP contribution in [0.5, 0.6) is 0 Å². The van der Waals surface area contributed by atoms with Crippen LogP contribution in [-0.4, -0.2) is 51.7 Å². The van der Waals surface area contributed by atoms with Crippen LogP contribution < -0.4 is 20.9 Å². The molecule has 0 atom stereocenters. The molecule has 6 aromatic rings. The van der Waals surface area contributed by atoms with Gasteiger partial charge in [0, 0.05) is 64.2 Å². The molecule has 10 nitrogen and oxygen atoms in total. The van der Waals surface area contributed by atoms with Crippen molar-refractivity contribution >= 4 is 62.6 Å². The number of carbonyl (C=O) groups is 1. The van der Waals surface area contributed by atoms with E-state index in [1.165, 1.54) is 0 Å². The molecule has 0 bridgehead atoms. The van der Waals surface area contributed by atoms with Gasteiger partial charge in [0.15, 0.2) is 4.96 Å². The SMILES string of the molecule is O=C(Nc1ccc(Cl)cc1)Nc1cccc(-c2nc3sccn3c2-c2ccnc(Nc3ccc(N4CCOCC4)cc3)n2)c1. The Hall–Kier alpha value is -4.97. The van der Waals surface area contributed by atoms with Crippen LogP contribution in [0.3, 0.4) is 0 Å². The Bertz CT molecular complexity index is 1920. The van der Waals surface area contributed by atoms with E-state index in [4.69, 9.17) is 26.3 Å². The molecule has 1 aliphatic rings. The summed E-state index contributed by atoms with van der Waals surface area (Å²) in [6, 6.07) is 24.3. The van der Waals surface area contributed by atoms with Crippen LogP contribution in [0.15, 0.2) is 96.6 Å². The topological polar surface area (TPSA) is 109 Å². The van der Waals surface area contributed by atoms with E-state index < -0.39 is 0 Å². The lowest BCUT2D eigenvalue weighted by molar-refractivity contribution is 0.122. The molecular formula is C32H27ClN8O2S. The maximum Gasteiger partial charge on any atom is 0.323 e. The van der Waals surface area contributed by atoms with Gasteiger partial charge in [0.05, 0.1) is 24.6 Å². The molecule has 0 radical (unpaired) electrons. The molecule has 7 rings (SSSR count). The molecule has 0 spiro atoms. The Kier molecular flexibility index (Phi) is 7.80. The minimum Gasteiger partial charge on any atom is -0.378 e. The minimum absolute atomic E-state index is 0.361. The molecule has 0 saturated carbocycles. The Morgan fingerprint density at radius 2 is 1.66 bits per heavy atom. The van der Waals surface area contributed by atoms with Crippen LogP contribution in [-0.2, 0) is 4.74 Å². The number of hydrogen-bond donors (Lipinski definition) is 3. The summed E-state index contributed by atoms with van der Waals surface area (Å²) >= 11 is 7.50. The number of thiazole rings is 1. The molecule has 220 valence electrons. The average molecular weight is 623 g/mol. The van der Waals surface area contributed by atoms with E-state index in [0.29, 0.717) is 28.0 Å². The van der Waals surface area contributed by atoms with E-state index in [1.54, 1.807) is 41.8 Å². The predicted molar refractivity (Wildman–Crippen MR) is 176 cm³/mol. The van der Waals surface area contributed by atoms with E-state index in [-0.39, 0.29) is 6.03 Å². The number of nitrogens with zero attached hydrogens (tertiary/aromatic N) is 5. The number of nitrogens with one attached hydrogen (secondary N) is 3. The van der Waals surface area contributed by atoms with Crippen molar-refractivity contribution in [2.45, 2.75) is 0 Å². The van der Waals surface area contributed by atoms with E-state index >= 15 is 0 Å². The number of aromatic nitrogens is 4. The molecule has 0 unspecified atom stereocenters. The third-order valence-electron chi connectivity index (χ3n) is 7.16. The van der Waals surface area contributed by atoms with Crippen LogP contribution in [0.2, 0.25) is 5.02 Å². The first-order chi connectivity index (χ1) is 21.6. The fraction of sp³-hybridized carbons (Fsp3) is 0.125. The lowest BCUT2D eigenvalue weighted by atomic mass is 10.1. The molecule has 4 heterocycles. The summed E-state index contributed by atoms with van der Waals surface area (Å²) in [6.07, 6.45) is 3.72. The van der Waals surface area contributed by atoms with Crippen LogP contribution in [0.4, 0.5) is 33.5 Å². The van der Waals surface area contributed by atoms with Crippen molar-refractivity contribution in [1.29, 1.82) is 0 Å². The van der Waals surface area contributed by atoms with Gasteiger partial charge in [-0.15, -0.1) is 11.3 Å². The number of carbonyl (C=O) groups excluding carboxylic acids is 1. The molecule has 2 amide bonds. The molecule has 44 heavy (non-hydrogen) atoms. The zero-order chi connectivity index (χ0) is 29.9. The van der Waals surface area contributed by atoms with Gasteiger partial charge in [0.2, 0.25) is 5.95 Å². The highest BCUT2D eigenvalue weighted by atomic mass is 35.5. The summed E-state index contributed by atoms with van der Waals surface area (Å²) in [4.78, 5) is 30.1. The van der Waals surface area contributed by atoms with Crippen molar-refractivity contribution in [2.24, 2.45) is 0 Å². The molecule has 3 N–H and O–H groups in total. The lowest BCUT2D eigenvalue weighted by Crippen LogP contribution is -2.36. The standard InChI is InChI=1S/C32H27ClN8O2S/c33-22-4-6-24(7-5-22)36-31(42)37-25-3-1-2-21(20-25)28-29(41-16-19-44-32(41)39-28)27-12-13-34-30(38-27)35-23-8-10-26(11-9-23)40-14-17-43-18-15-40/h1-13,16,19-20H,14-15,17-18H2,(H,34,35,38)(H2,36,37,42). The summed E-state index contributed by atoms with van der Waals surface area (Å²) in [6.45, 7) is 3.26. The van der Waals surface area contributed by atoms with Gasteiger partial charge >= 0.3 is 6.03 Å². The Balaban J connectivity index is 1.13. The van der Waals surface area contributed by atoms with Crippen molar-refractivity contribution in [1.82, 2.24) is 19.4 Å². The van der Waals surface area contributed by atoms with Gasteiger partial charge in [-0.3, -0.25) is 4.40 Å². The van der Waals surface area contributed by atoms with Crippen LogP contribution in [0.1, 0.15) is 0 Å². The van der Waals surface area contributed by atoms with E-state index in [0.717, 1.165) is 59.6 Å². The number of rotatable bonds is 7. The maximum absolute atomic E-state index is 12.7. The quantitative estimate of drug-likeness (QED) is 0.170. The number of benzene rings is 3. The number of morpholine rings is 1. The Morgan fingerprint density at radius 1 is 0.886 bits per heavy atom. The van der Waals surface area contributed by atoms with Gasteiger partial charge in [-0.25, -0.2) is 19.7 Å². The number of amides is 2. The third kappa shape index (κ3) is 6.06. The van der Waals surface area contributed by atoms with E-state index in [2.05, 4.69) is 38.0 Å². The highest BCUT2D eigenvalue weighted by Gasteiger charge is 2.19. The number of urea groups is 1. The summed E-state index contributed by atoms with van der Waals surface area (Å²) in [5.41, 5.74) is 6.46. The monoisotopic (exact) mass is 622 g/mol. The number of ether oxygens (including phenoxy) is 1. The number of anilines is 5. The van der Waals surface area contributed by atoms with Gasteiger partial charge in [-0.1, -0.05) is 23.7 Å². The van der Waals surface area contributed by atoms with Crippen molar-refractivity contribution in [3.8, 4) is 22.6 Å². The second-order valence-corrected chi connectivity index (χ2v) is 11.4. The molecule has 3 aromatic heterocycles. The number of imidazole rings is 1. The van der Waals surface area contributed by atoms with Crippen molar-refractivity contribution in [3.05, 3.63) is 102 Å². The largest absolute Gasteiger partial charge is 0.378 e. The van der Waals surface area contributed by atoms with Gasteiger partial charge in [0.1, 0.15) is 5.69 Å². The number of hydrogen-bond acceptors (Lipinski definition) is 8. The fourth-order valence-corrected chi connectivity index (χ4v) is 5.90. The normalized spacial score (nSPS) is 13.2. The van der Waals surface area contributed by atoms with E-state index in [9.17, 15) is 4.79 Å². The zero-order valence-electron chi connectivity index (χ0n) is 23.4. The maximum atomic E-state index is 12.7. The van der Waals surface area contributed by atoms with Gasteiger partial charge in [-0.2, -0.15) is 0 Å². The molecule has 3 aromatic carbocycles. The fourth-order valence-electron chi connectivity index (χ4n) is 5.06. The summed E-state index contributed by atoms with van der Waals surface area (Å²) in [7, 11) is 0. The predicted octanol–water partition coefficient (Wildman–Crippen LogP) is 7.40. The van der Waals surface area contributed by atoms with Crippen LogP contribution >= 0.6 is 22.9 Å². The van der Waals surface area contributed by atoms with Crippen LogP contribution in [0.25, 0.3) is 27.6 Å². The first-order valence-corrected chi connectivity index (χ1v) is 15.3. The average Bonchev–Trinajstić information content (AvgIpc) is 3.65. The highest BCUT2D eigenvalue weighted by Crippen LogP contribution is 2.35. The second kappa shape index (κ2) is 12.3. The Morgan fingerprint density at radius 3 is 2.48 bits per heavy atom. The molecule has 1 saturated heterocycles. The summed E-state index contributed by atoms with van der Waals surface area (Å²) in [5, 5.41) is 11.7. The molecule has 0 aliphatic carbocycles. The van der Waals surface area contributed by atoms with Gasteiger partial charge in [-0.05, 0) is 66.7 Å². The molecule has 1 aliphatic heterocycles. The highest BCUT2D eigenvalue weighted by molar-refractivity contribution is 7.15. The zero-order valence-corrected chi connectivity index (χ0v) is 25.0. The smallest absolute Gasteiger partial charge is 0.323 e. The first kappa shape index (κ1) is 27.8. The van der Waals surface area contributed by atoms with Gasteiger partial charge in [0.25, 0.3) is 0 Å². The molecular weight excluding hydrogens is 596 g/mol. The van der Waals surface area contributed by atoms with E-state index in [1.807, 2.05) is 58.4 Å². The van der Waals surface area contributed by atoms with Crippen molar-refractivity contribution < 1.29 is 9.53 Å².